The quantitative estimate of drug-likeness (QED) is 0.906. The third kappa shape index (κ3) is 4.37. The van der Waals surface area contributed by atoms with Gasteiger partial charge in [0.05, 0.1) is 16.7 Å². The molecule has 4 nitrogen and oxygen atoms in total. The lowest BCUT2D eigenvalue weighted by atomic mass is 10.3. The van der Waals surface area contributed by atoms with Gasteiger partial charge in [-0.2, -0.15) is 0 Å². The average molecular weight is 326 g/mol. The van der Waals surface area contributed by atoms with E-state index in [4.69, 9.17) is 16.3 Å². The maximum atomic E-state index is 12.3. The van der Waals surface area contributed by atoms with Gasteiger partial charge in [0.25, 0.3) is 10.0 Å². The van der Waals surface area contributed by atoms with Crippen LogP contribution in [0.5, 0.6) is 5.75 Å². The molecule has 0 amide bonds. The lowest BCUT2D eigenvalue weighted by molar-refractivity contribution is 0.242. The largest absolute Gasteiger partial charge is 0.491 e. The molecule has 0 aliphatic rings. The standard InChI is InChI=1S/C15H16ClNO3S/c1-11(2)20-14-5-3-4-13(10-14)17-21(18,19)15-8-6-12(16)7-9-15/h3-11,17H,1-2H3. The number of anilines is 1. The van der Waals surface area contributed by atoms with Crippen molar-refractivity contribution >= 4 is 27.3 Å². The molecule has 2 aromatic carbocycles. The average Bonchev–Trinajstić information content (AvgIpc) is 2.38. The number of hydrogen-bond acceptors (Lipinski definition) is 3. The molecule has 0 heterocycles. The van der Waals surface area contributed by atoms with E-state index in [0.29, 0.717) is 16.5 Å². The van der Waals surface area contributed by atoms with Crippen LogP contribution in [0, 0.1) is 0 Å². The zero-order valence-electron chi connectivity index (χ0n) is 11.7. The molecule has 0 unspecified atom stereocenters. The number of hydrogen-bond donors (Lipinski definition) is 1. The molecule has 21 heavy (non-hydrogen) atoms. The Labute approximate surface area is 129 Å². The Morgan fingerprint density at radius 2 is 1.76 bits per heavy atom. The second-order valence-corrected chi connectivity index (χ2v) is 6.87. The topological polar surface area (TPSA) is 55.4 Å². The van der Waals surface area contributed by atoms with Crippen molar-refractivity contribution in [1.82, 2.24) is 0 Å². The minimum atomic E-state index is -3.64. The van der Waals surface area contributed by atoms with Gasteiger partial charge in [0.2, 0.25) is 0 Å². The molecule has 0 aromatic heterocycles. The molecular weight excluding hydrogens is 310 g/mol. The summed E-state index contributed by atoms with van der Waals surface area (Å²) in [7, 11) is -3.64. The fraction of sp³-hybridized carbons (Fsp3) is 0.200. The molecule has 0 saturated carbocycles. The molecule has 0 bridgehead atoms. The third-order valence-corrected chi connectivity index (χ3v) is 4.23. The van der Waals surface area contributed by atoms with Crippen molar-refractivity contribution < 1.29 is 13.2 Å². The Balaban J connectivity index is 2.22. The monoisotopic (exact) mass is 325 g/mol. The van der Waals surface area contributed by atoms with Gasteiger partial charge in [-0.25, -0.2) is 8.42 Å². The summed E-state index contributed by atoms with van der Waals surface area (Å²) in [5, 5.41) is 0.487. The van der Waals surface area contributed by atoms with Gasteiger partial charge in [-0.05, 0) is 50.2 Å². The van der Waals surface area contributed by atoms with Crippen molar-refractivity contribution in [3.63, 3.8) is 0 Å². The number of halogens is 1. The van der Waals surface area contributed by atoms with E-state index in [1.54, 1.807) is 24.3 Å². The third-order valence-electron chi connectivity index (χ3n) is 2.58. The van der Waals surface area contributed by atoms with E-state index in [-0.39, 0.29) is 11.0 Å². The summed E-state index contributed by atoms with van der Waals surface area (Å²) in [5.41, 5.74) is 0.447. The molecule has 0 aliphatic heterocycles. The zero-order chi connectivity index (χ0) is 15.5. The molecule has 6 heteroatoms. The lowest BCUT2D eigenvalue weighted by Gasteiger charge is -2.12. The summed E-state index contributed by atoms with van der Waals surface area (Å²) in [5.74, 6) is 0.612. The second kappa shape index (κ2) is 6.37. The molecule has 0 atom stereocenters. The second-order valence-electron chi connectivity index (χ2n) is 4.75. The smallest absolute Gasteiger partial charge is 0.261 e. The van der Waals surface area contributed by atoms with E-state index in [1.165, 1.54) is 24.3 Å². The molecule has 0 spiro atoms. The van der Waals surface area contributed by atoms with Crippen LogP contribution in [0.1, 0.15) is 13.8 Å². The normalized spacial score (nSPS) is 11.4. The summed E-state index contributed by atoms with van der Waals surface area (Å²) in [6, 6.07) is 12.8. The summed E-state index contributed by atoms with van der Waals surface area (Å²) in [6.45, 7) is 3.81. The first kappa shape index (κ1) is 15.7. The molecule has 1 N–H and O–H groups in total. The van der Waals surface area contributed by atoms with Crippen molar-refractivity contribution in [2.24, 2.45) is 0 Å². The van der Waals surface area contributed by atoms with Crippen molar-refractivity contribution in [3.05, 3.63) is 53.6 Å². The maximum Gasteiger partial charge on any atom is 0.261 e. The number of benzene rings is 2. The minimum absolute atomic E-state index is 0.0214. The molecule has 2 aromatic rings. The van der Waals surface area contributed by atoms with E-state index >= 15 is 0 Å². The highest BCUT2D eigenvalue weighted by Crippen LogP contribution is 2.22. The molecule has 0 fully saturated rings. The van der Waals surface area contributed by atoms with Crippen LogP contribution < -0.4 is 9.46 Å². The van der Waals surface area contributed by atoms with Crippen LogP contribution in [0.4, 0.5) is 5.69 Å². The van der Waals surface area contributed by atoms with E-state index in [2.05, 4.69) is 4.72 Å². The first-order valence-electron chi connectivity index (χ1n) is 6.42. The summed E-state index contributed by atoms with van der Waals surface area (Å²) in [4.78, 5) is 0.155. The molecule has 0 aliphatic carbocycles. The van der Waals surface area contributed by atoms with E-state index in [1.807, 2.05) is 13.8 Å². The van der Waals surface area contributed by atoms with Crippen LogP contribution in [0.2, 0.25) is 5.02 Å². The van der Waals surface area contributed by atoms with E-state index < -0.39 is 10.0 Å². The van der Waals surface area contributed by atoms with Gasteiger partial charge < -0.3 is 4.74 Å². The predicted molar refractivity (Wildman–Crippen MR) is 84.5 cm³/mol. The van der Waals surface area contributed by atoms with Crippen LogP contribution in [0.3, 0.4) is 0 Å². The highest BCUT2D eigenvalue weighted by Gasteiger charge is 2.14. The van der Waals surface area contributed by atoms with Gasteiger partial charge in [0, 0.05) is 11.1 Å². The van der Waals surface area contributed by atoms with Gasteiger partial charge in [0.15, 0.2) is 0 Å². The Hall–Kier alpha value is -1.72. The molecule has 112 valence electrons. The van der Waals surface area contributed by atoms with Gasteiger partial charge >= 0.3 is 0 Å². The molecular formula is C15H16ClNO3S. The summed E-state index contributed by atoms with van der Waals surface area (Å²) >= 11 is 5.76. The van der Waals surface area contributed by atoms with Crippen LogP contribution in [0.15, 0.2) is 53.4 Å². The lowest BCUT2D eigenvalue weighted by Crippen LogP contribution is -2.13. The number of nitrogens with one attached hydrogen (secondary N) is 1. The van der Waals surface area contributed by atoms with Crippen molar-refractivity contribution in [3.8, 4) is 5.75 Å². The van der Waals surface area contributed by atoms with Gasteiger partial charge in [-0.1, -0.05) is 17.7 Å². The Morgan fingerprint density at radius 3 is 2.38 bits per heavy atom. The first-order valence-corrected chi connectivity index (χ1v) is 8.28. The highest BCUT2D eigenvalue weighted by atomic mass is 35.5. The van der Waals surface area contributed by atoms with Gasteiger partial charge in [-0.15, -0.1) is 0 Å². The van der Waals surface area contributed by atoms with Crippen molar-refractivity contribution in [2.45, 2.75) is 24.8 Å². The Bertz CT molecular complexity index is 712. The number of rotatable bonds is 5. The summed E-state index contributed by atoms with van der Waals surface area (Å²) in [6.07, 6.45) is 0.0214. The highest BCUT2D eigenvalue weighted by molar-refractivity contribution is 7.92. The van der Waals surface area contributed by atoms with Gasteiger partial charge in [-0.3, -0.25) is 4.72 Å². The SMILES string of the molecule is CC(C)Oc1cccc(NS(=O)(=O)c2ccc(Cl)cc2)c1. The van der Waals surface area contributed by atoms with E-state index in [0.717, 1.165) is 0 Å². The van der Waals surface area contributed by atoms with Crippen molar-refractivity contribution in [2.75, 3.05) is 4.72 Å². The number of sulfonamides is 1. The Kier molecular flexibility index (Phi) is 4.75. The molecule has 0 saturated heterocycles. The van der Waals surface area contributed by atoms with Crippen LogP contribution in [-0.4, -0.2) is 14.5 Å². The maximum absolute atomic E-state index is 12.3. The van der Waals surface area contributed by atoms with Crippen LogP contribution >= 0.6 is 11.6 Å². The van der Waals surface area contributed by atoms with Crippen LogP contribution in [-0.2, 0) is 10.0 Å². The fourth-order valence-electron chi connectivity index (χ4n) is 1.73. The zero-order valence-corrected chi connectivity index (χ0v) is 13.3. The Morgan fingerprint density at radius 1 is 1.10 bits per heavy atom. The number of ether oxygens (including phenoxy) is 1. The molecule has 0 radical (unpaired) electrons. The van der Waals surface area contributed by atoms with Gasteiger partial charge in [0.1, 0.15) is 5.75 Å². The molecule has 2 rings (SSSR count). The fourth-order valence-corrected chi connectivity index (χ4v) is 2.91. The minimum Gasteiger partial charge on any atom is -0.491 e. The van der Waals surface area contributed by atoms with Crippen LogP contribution in [0.25, 0.3) is 0 Å². The predicted octanol–water partition coefficient (Wildman–Crippen LogP) is 3.93. The first-order chi connectivity index (χ1) is 9.87. The van der Waals surface area contributed by atoms with Crippen molar-refractivity contribution in [1.29, 1.82) is 0 Å². The van der Waals surface area contributed by atoms with E-state index in [9.17, 15) is 8.42 Å². The summed E-state index contributed by atoms with van der Waals surface area (Å²) < 4.78 is 32.6.